The quantitative estimate of drug-likeness (QED) is 0.924. The number of hydrogen-bond donors (Lipinski definition) is 1. The smallest absolute Gasteiger partial charge is 0.229 e. The first-order valence-electron chi connectivity index (χ1n) is 8.60. The molecule has 4 heteroatoms. The number of carbonyl (C=O) groups excluding carboxylic acids is 2. The van der Waals surface area contributed by atoms with Crippen molar-refractivity contribution in [1.29, 1.82) is 0 Å². The van der Waals surface area contributed by atoms with Gasteiger partial charge in [0.1, 0.15) is 0 Å². The van der Waals surface area contributed by atoms with Crippen molar-refractivity contribution >= 4 is 23.2 Å². The minimum Gasteiger partial charge on any atom is -0.326 e. The number of rotatable bonds is 3. The molecule has 2 aromatic rings. The molecule has 0 bridgehead atoms. The Morgan fingerprint density at radius 1 is 1.00 bits per heavy atom. The maximum absolute atomic E-state index is 12.6. The molecule has 0 radical (unpaired) electrons. The minimum absolute atomic E-state index is 0.00485. The van der Waals surface area contributed by atoms with Gasteiger partial charge in [0.2, 0.25) is 11.8 Å². The highest BCUT2D eigenvalue weighted by Gasteiger charge is 2.35. The van der Waals surface area contributed by atoms with Crippen LogP contribution in [0.4, 0.5) is 11.4 Å². The van der Waals surface area contributed by atoms with Crippen molar-refractivity contribution in [1.82, 2.24) is 0 Å². The van der Waals surface area contributed by atoms with Crippen molar-refractivity contribution in [2.45, 2.75) is 34.1 Å². The maximum Gasteiger partial charge on any atom is 0.229 e. The number of hydrogen-bond acceptors (Lipinski definition) is 2. The fourth-order valence-electron chi connectivity index (χ4n) is 3.30. The van der Waals surface area contributed by atoms with Crippen LogP contribution in [0.3, 0.4) is 0 Å². The Bertz CT molecular complexity index is 822. The van der Waals surface area contributed by atoms with E-state index in [1.807, 2.05) is 58.0 Å². The van der Waals surface area contributed by atoms with Gasteiger partial charge in [0.05, 0.1) is 5.92 Å². The summed E-state index contributed by atoms with van der Waals surface area (Å²) in [4.78, 5) is 26.7. The first kappa shape index (κ1) is 17.2. The van der Waals surface area contributed by atoms with Crippen molar-refractivity contribution in [2.24, 2.45) is 5.92 Å². The standard InChI is InChI=1S/C21H24N2O2/c1-13-7-14(2)9-19(8-13)23-12-17(11-20(23)24)21(25)22-18-6-5-15(3)16(4)10-18/h5-10,17H,11-12H2,1-4H3,(H,22,25)/t17-/m1/s1. The predicted molar refractivity (Wildman–Crippen MR) is 101 cm³/mol. The fourth-order valence-corrected chi connectivity index (χ4v) is 3.30. The molecule has 130 valence electrons. The first-order chi connectivity index (χ1) is 11.8. The third-order valence-electron chi connectivity index (χ3n) is 4.79. The van der Waals surface area contributed by atoms with Gasteiger partial charge in [-0.15, -0.1) is 0 Å². The van der Waals surface area contributed by atoms with E-state index in [2.05, 4.69) is 11.4 Å². The lowest BCUT2D eigenvalue weighted by Gasteiger charge is -2.18. The molecule has 1 fully saturated rings. The van der Waals surface area contributed by atoms with Gasteiger partial charge < -0.3 is 10.2 Å². The van der Waals surface area contributed by atoms with E-state index in [0.717, 1.165) is 28.1 Å². The lowest BCUT2D eigenvalue weighted by Crippen LogP contribution is -2.28. The second-order valence-electron chi connectivity index (χ2n) is 7.04. The second-order valence-corrected chi connectivity index (χ2v) is 7.04. The average molecular weight is 336 g/mol. The zero-order valence-electron chi connectivity index (χ0n) is 15.2. The van der Waals surface area contributed by atoms with Crippen LogP contribution in [-0.2, 0) is 9.59 Å². The van der Waals surface area contributed by atoms with Gasteiger partial charge in [0.25, 0.3) is 0 Å². The Labute approximate surface area is 148 Å². The van der Waals surface area contributed by atoms with Gasteiger partial charge in [-0.2, -0.15) is 0 Å². The summed E-state index contributed by atoms with van der Waals surface area (Å²) in [5.74, 6) is -0.413. The van der Waals surface area contributed by atoms with Crippen LogP contribution in [0.2, 0.25) is 0 Å². The molecule has 0 aliphatic carbocycles. The molecule has 1 saturated heterocycles. The van der Waals surface area contributed by atoms with Gasteiger partial charge in [0, 0.05) is 24.3 Å². The topological polar surface area (TPSA) is 49.4 Å². The van der Waals surface area contributed by atoms with Crippen LogP contribution in [0.5, 0.6) is 0 Å². The van der Waals surface area contributed by atoms with E-state index in [0.29, 0.717) is 6.54 Å². The van der Waals surface area contributed by atoms with Crippen LogP contribution in [0.1, 0.15) is 28.7 Å². The lowest BCUT2D eigenvalue weighted by atomic mass is 10.1. The third-order valence-corrected chi connectivity index (χ3v) is 4.79. The van der Waals surface area contributed by atoms with Gasteiger partial charge in [-0.1, -0.05) is 12.1 Å². The molecule has 0 saturated carbocycles. The van der Waals surface area contributed by atoms with Crippen molar-refractivity contribution < 1.29 is 9.59 Å². The monoisotopic (exact) mass is 336 g/mol. The zero-order chi connectivity index (χ0) is 18.1. The van der Waals surface area contributed by atoms with Gasteiger partial charge in [-0.3, -0.25) is 9.59 Å². The zero-order valence-corrected chi connectivity index (χ0v) is 15.2. The number of benzene rings is 2. The van der Waals surface area contributed by atoms with Crippen LogP contribution in [0.15, 0.2) is 36.4 Å². The molecule has 0 spiro atoms. The Balaban J connectivity index is 1.73. The molecule has 1 N–H and O–H groups in total. The van der Waals surface area contributed by atoms with Crippen LogP contribution in [-0.4, -0.2) is 18.4 Å². The van der Waals surface area contributed by atoms with Crippen molar-refractivity contribution in [3.63, 3.8) is 0 Å². The molecule has 0 aromatic heterocycles. The Hall–Kier alpha value is -2.62. The number of carbonyl (C=O) groups is 2. The van der Waals surface area contributed by atoms with E-state index in [4.69, 9.17) is 0 Å². The van der Waals surface area contributed by atoms with Gasteiger partial charge in [-0.05, 0) is 74.2 Å². The highest BCUT2D eigenvalue weighted by molar-refractivity contribution is 6.03. The molecular formula is C21H24N2O2. The van der Waals surface area contributed by atoms with E-state index in [9.17, 15) is 9.59 Å². The summed E-state index contributed by atoms with van der Waals surface area (Å²) in [5, 5.41) is 2.95. The number of aryl methyl sites for hydroxylation is 4. The molecule has 2 amide bonds. The van der Waals surface area contributed by atoms with Crippen LogP contribution >= 0.6 is 0 Å². The number of amides is 2. The highest BCUT2D eigenvalue weighted by atomic mass is 16.2. The molecule has 0 unspecified atom stereocenters. The Morgan fingerprint density at radius 2 is 1.68 bits per heavy atom. The lowest BCUT2D eigenvalue weighted by molar-refractivity contribution is -0.122. The fraction of sp³-hybridized carbons (Fsp3) is 0.333. The number of nitrogens with zero attached hydrogens (tertiary/aromatic N) is 1. The van der Waals surface area contributed by atoms with E-state index < -0.39 is 0 Å². The Kier molecular flexibility index (Phi) is 4.62. The molecular weight excluding hydrogens is 312 g/mol. The molecule has 4 nitrogen and oxygen atoms in total. The van der Waals surface area contributed by atoms with Crippen LogP contribution in [0.25, 0.3) is 0 Å². The summed E-state index contributed by atoms with van der Waals surface area (Å²) in [7, 11) is 0. The molecule has 1 heterocycles. The van der Waals surface area contributed by atoms with E-state index >= 15 is 0 Å². The van der Waals surface area contributed by atoms with Crippen LogP contribution < -0.4 is 10.2 Å². The summed E-state index contributed by atoms with van der Waals surface area (Å²) in [6, 6.07) is 11.9. The Morgan fingerprint density at radius 3 is 2.32 bits per heavy atom. The van der Waals surface area contributed by atoms with Crippen molar-refractivity contribution in [3.05, 3.63) is 58.7 Å². The largest absolute Gasteiger partial charge is 0.326 e. The van der Waals surface area contributed by atoms with E-state index in [1.165, 1.54) is 5.56 Å². The minimum atomic E-state index is -0.324. The molecule has 1 aliphatic heterocycles. The average Bonchev–Trinajstić information content (AvgIpc) is 2.92. The first-order valence-corrected chi connectivity index (χ1v) is 8.60. The predicted octanol–water partition coefficient (Wildman–Crippen LogP) is 3.91. The summed E-state index contributed by atoms with van der Waals surface area (Å²) < 4.78 is 0. The third kappa shape index (κ3) is 3.73. The molecule has 3 rings (SSSR count). The molecule has 1 atom stereocenters. The van der Waals surface area contributed by atoms with Gasteiger partial charge in [-0.25, -0.2) is 0 Å². The maximum atomic E-state index is 12.6. The van der Waals surface area contributed by atoms with Gasteiger partial charge >= 0.3 is 0 Å². The SMILES string of the molecule is Cc1cc(C)cc(N2C[C@H](C(=O)Nc3ccc(C)c(C)c3)CC2=O)c1. The normalized spacial score (nSPS) is 17.0. The highest BCUT2D eigenvalue weighted by Crippen LogP contribution is 2.28. The van der Waals surface area contributed by atoms with Gasteiger partial charge in [0.15, 0.2) is 0 Å². The summed E-state index contributed by atoms with van der Waals surface area (Å²) in [5.41, 5.74) is 6.22. The number of anilines is 2. The summed E-state index contributed by atoms with van der Waals surface area (Å²) >= 11 is 0. The molecule has 1 aliphatic rings. The molecule has 2 aromatic carbocycles. The summed E-state index contributed by atoms with van der Waals surface area (Å²) in [6.45, 7) is 8.52. The molecule has 25 heavy (non-hydrogen) atoms. The van der Waals surface area contributed by atoms with E-state index in [-0.39, 0.29) is 24.2 Å². The van der Waals surface area contributed by atoms with Crippen molar-refractivity contribution in [2.75, 3.05) is 16.8 Å². The summed E-state index contributed by atoms with van der Waals surface area (Å²) in [6.07, 6.45) is 0.254. The van der Waals surface area contributed by atoms with Crippen LogP contribution in [0, 0.1) is 33.6 Å². The second kappa shape index (κ2) is 6.71. The van der Waals surface area contributed by atoms with Crippen molar-refractivity contribution in [3.8, 4) is 0 Å². The van der Waals surface area contributed by atoms with E-state index in [1.54, 1.807) is 4.90 Å². The number of nitrogens with one attached hydrogen (secondary N) is 1.